The summed E-state index contributed by atoms with van der Waals surface area (Å²) in [5.74, 6) is -0.795. The average Bonchev–Trinajstić information content (AvgIpc) is 2.27. The second kappa shape index (κ2) is 5.90. The summed E-state index contributed by atoms with van der Waals surface area (Å²) in [6.45, 7) is 1.18. The number of hydrogen-bond acceptors (Lipinski definition) is 4. The second-order valence-corrected chi connectivity index (χ2v) is 3.30. The third-order valence-electron chi connectivity index (χ3n) is 1.91. The fourth-order valence-corrected chi connectivity index (χ4v) is 1.21. The van der Waals surface area contributed by atoms with Crippen molar-refractivity contribution in [1.29, 1.82) is 0 Å². The lowest BCUT2D eigenvalue weighted by Gasteiger charge is -2.07. The van der Waals surface area contributed by atoms with Gasteiger partial charge in [-0.3, -0.25) is 14.9 Å². The first kappa shape index (κ1) is 13.8. The molecule has 0 atom stereocenters. The molecule has 0 saturated carbocycles. The summed E-state index contributed by atoms with van der Waals surface area (Å²) in [6, 6.07) is 4.74. The third-order valence-corrected chi connectivity index (χ3v) is 1.91. The van der Waals surface area contributed by atoms with Crippen molar-refractivity contribution in [2.24, 2.45) is 0 Å². The lowest BCUT2D eigenvalue weighted by molar-refractivity contribution is -0.384. The molecule has 0 heterocycles. The Morgan fingerprint density at radius 1 is 1.39 bits per heavy atom. The van der Waals surface area contributed by atoms with E-state index in [0.717, 1.165) is 18.2 Å². The molecule has 0 aromatic heterocycles. The molecule has 18 heavy (non-hydrogen) atoms. The third kappa shape index (κ3) is 3.97. The van der Waals surface area contributed by atoms with E-state index in [9.17, 15) is 23.5 Å². The molecule has 0 aliphatic rings. The van der Waals surface area contributed by atoms with Crippen molar-refractivity contribution in [3.63, 3.8) is 0 Å². The van der Waals surface area contributed by atoms with Crippen LogP contribution in [0.4, 0.5) is 14.3 Å². The Kier molecular flexibility index (Phi) is 4.53. The molecule has 0 radical (unpaired) electrons. The molecular weight excluding hydrogens is 247 g/mol. The first-order valence-corrected chi connectivity index (χ1v) is 4.82. The minimum atomic E-state index is -3.08. The lowest BCUT2D eigenvalue weighted by atomic mass is 10.1. The van der Waals surface area contributed by atoms with Crippen LogP contribution in [0.3, 0.4) is 0 Å². The molecule has 0 spiro atoms. The van der Waals surface area contributed by atoms with Crippen LogP contribution in [-0.2, 0) is 9.45 Å². The summed E-state index contributed by atoms with van der Waals surface area (Å²) >= 11 is 0. The van der Waals surface area contributed by atoms with Crippen molar-refractivity contribution < 1.29 is 23.0 Å². The van der Waals surface area contributed by atoms with Crippen LogP contribution in [0.5, 0.6) is 0 Å². The molecule has 0 aliphatic heterocycles. The van der Waals surface area contributed by atoms with Gasteiger partial charge in [-0.25, -0.2) is 8.63 Å². The van der Waals surface area contributed by atoms with Crippen LogP contribution in [-0.4, -0.2) is 18.2 Å². The number of nitrogens with zero attached hydrogens (tertiary/aromatic N) is 1. The fraction of sp³-hybridized carbons (Fsp3) is 0.100. The van der Waals surface area contributed by atoms with Crippen molar-refractivity contribution in [2.45, 2.75) is 6.92 Å². The van der Waals surface area contributed by atoms with Crippen LogP contribution in [0.25, 0.3) is 5.76 Å². The number of halogens is 2. The van der Waals surface area contributed by atoms with Crippen LogP contribution in [0.15, 0.2) is 30.3 Å². The highest BCUT2D eigenvalue weighted by Crippen LogP contribution is 2.21. The summed E-state index contributed by atoms with van der Waals surface area (Å²) < 4.78 is 28.5. The molecule has 0 saturated heterocycles. The van der Waals surface area contributed by atoms with E-state index in [4.69, 9.17) is 0 Å². The fourth-order valence-electron chi connectivity index (χ4n) is 1.21. The van der Waals surface area contributed by atoms with Gasteiger partial charge in [-0.1, -0.05) is 0 Å². The number of nitro benzene ring substituents is 1. The van der Waals surface area contributed by atoms with Crippen molar-refractivity contribution in [2.75, 3.05) is 0 Å². The molecule has 5 nitrogen and oxygen atoms in total. The number of non-ortho nitro benzene ring substituents is 1. The SMILES string of the molecule is CC(=O)C=C(OB(F)F)c1ccc([N+](=O)[O-])cc1. The Hall–Kier alpha value is -2.25. The molecule has 1 aromatic rings. The minimum absolute atomic E-state index is 0.163. The number of allylic oxidation sites excluding steroid dienone is 1. The van der Waals surface area contributed by atoms with Crippen LogP contribution >= 0.6 is 0 Å². The molecule has 0 bridgehead atoms. The molecule has 0 N–H and O–H groups in total. The molecule has 0 amide bonds. The standard InChI is InChI=1S/C10H8BF2NO4/c1-7(15)6-10(18-11(12)13)8-2-4-9(5-3-8)14(16)17/h2-6H,1H3. The summed E-state index contributed by atoms with van der Waals surface area (Å²) in [4.78, 5) is 20.7. The topological polar surface area (TPSA) is 69.4 Å². The van der Waals surface area contributed by atoms with E-state index < -0.39 is 18.2 Å². The zero-order valence-electron chi connectivity index (χ0n) is 9.30. The van der Waals surface area contributed by atoms with E-state index in [0.29, 0.717) is 0 Å². The summed E-state index contributed by atoms with van der Waals surface area (Å²) in [7, 11) is -3.08. The number of carbonyl (C=O) groups excluding carboxylic acids is 1. The zero-order valence-corrected chi connectivity index (χ0v) is 9.30. The van der Waals surface area contributed by atoms with Gasteiger partial charge in [0.05, 0.1) is 4.92 Å². The minimum Gasteiger partial charge on any atom is -0.505 e. The van der Waals surface area contributed by atoms with Crippen LogP contribution in [0, 0.1) is 10.1 Å². The Morgan fingerprint density at radius 3 is 2.33 bits per heavy atom. The van der Waals surface area contributed by atoms with Crippen molar-refractivity contribution in [1.82, 2.24) is 0 Å². The van der Waals surface area contributed by atoms with Gasteiger partial charge in [0.15, 0.2) is 5.78 Å². The molecule has 0 unspecified atom stereocenters. The normalized spacial score (nSPS) is 10.9. The van der Waals surface area contributed by atoms with Gasteiger partial charge in [0, 0.05) is 23.8 Å². The highest BCUT2D eigenvalue weighted by molar-refractivity contribution is 6.36. The average molecular weight is 255 g/mol. The molecule has 0 aliphatic carbocycles. The first-order valence-electron chi connectivity index (χ1n) is 4.82. The van der Waals surface area contributed by atoms with Gasteiger partial charge in [0.25, 0.3) is 5.69 Å². The molecule has 8 heteroatoms. The summed E-state index contributed by atoms with van der Waals surface area (Å²) in [6.07, 6.45) is 0.896. The monoisotopic (exact) mass is 255 g/mol. The van der Waals surface area contributed by atoms with Crippen LogP contribution < -0.4 is 0 Å². The van der Waals surface area contributed by atoms with Gasteiger partial charge >= 0.3 is 7.47 Å². The number of ketones is 1. The lowest BCUT2D eigenvalue weighted by Crippen LogP contribution is -2.05. The highest BCUT2D eigenvalue weighted by atomic mass is 19.2. The maximum Gasteiger partial charge on any atom is 0.796 e. The first-order chi connectivity index (χ1) is 8.40. The maximum atomic E-state index is 12.1. The van der Waals surface area contributed by atoms with Crippen molar-refractivity contribution in [3.8, 4) is 0 Å². The zero-order chi connectivity index (χ0) is 13.7. The van der Waals surface area contributed by atoms with Crippen LogP contribution in [0.2, 0.25) is 0 Å². The Labute approximate surface area is 101 Å². The smallest absolute Gasteiger partial charge is 0.505 e. The molecule has 1 aromatic carbocycles. The molecular formula is C10H8BF2NO4. The Morgan fingerprint density at radius 2 is 1.94 bits per heavy atom. The Bertz CT molecular complexity index is 487. The predicted molar refractivity (Wildman–Crippen MR) is 60.8 cm³/mol. The Balaban J connectivity index is 3.06. The van der Waals surface area contributed by atoms with E-state index in [-0.39, 0.29) is 17.0 Å². The van der Waals surface area contributed by atoms with Gasteiger partial charge in [-0.15, -0.1) is 0 Å². The van der Waals surface area contributed by atoms with Crippen molar-refractivity contribution in [3.05, 3.63) is 46.0 Å². The predicted octanol–water partition coefficient (Wildman–Crippen LogP) is 2.47. The van der Waals surface area contributed by atoms with Gasteiger partial charge in [-0.2, -0.15) is 0 Å². The van der Waals surface area contributed by atoms with E-state index >= 15 is 0 Å². The van der Waals surface area contributed by atoms with Gasteiger partial charge in [0.2, 0.25) is 0 Å². The van der Waals surface area contributed by atoms with Crippen LogP contribution in [0.1, 0.15) is 12.5 Å². The van der Waals surface area contributed by atoms with E-state index in [1.807, 2.05) is 0 Å². The van der Waals surface area contributed by atoms with Crippen molar-refractivity contribution >= 4 is 24.7 Å². The van der Waals surface area contributed by atoms with Gasteiger partial charge in [0.1, 0.15) is 5.76 Å². The van der Waals surface area contributed by atoms with E-state index in [1.165, 1.54) is 19.1 Å². The summed E-state index contributed by atoms with van der Waals surface area (Å²) in [5.41, 5.74) is -0.0194. The largest absolute Gasteiger partial charge is 0.796 e. The number of hydrogen-bond donors (Lipinski definition) is 0. The van der Waals surface area contributed by atoms with E-state index in [2.05, 4.69) is 4.65 Å². The second-order valence-electron chi connectivity index (χ2n) is 3.30. The number of nitro groups is 1. The molecule has 0 fully saturated rings. The number of benzene rings is 1. The molecule has 1 rings (SSSR count). The number of carbonyl (C=O) groups is 1. The summed E-state index contributed by atoms with van der Waals surface area (Å²) in [5, 5.41) is 10.4. The highest BCUT2D eigenvalue weighted by Gasteiger charge is 2.21. The van der Waals surface area contributed by atoms with E-state index in [1.54, 1.807) is 0 Å². The maximum absolute atomic E-state index is 12.1. The van der Waals surface area contributed by atoms with Gasteiger partial charge in [-0.05, 0) is 19.1 Å². The molecule has 94 valence electrons. The quantitative estimate of drug-likeness (QED) is 0.266. The number of rotatable bonds is 5. The van der Waals surface area contributed by atoms with Gasteiger partial charge < -0.3 is 4.65 Å².